The first kappa shape index (κ1) is 12.3. The molecule has 1 aromatic heterocycles. The van der Waals surface area contributed by atoms with Crippen molar-refractivity contribution in [2.75, 3.05) is 7.05 Å². The van der Waals surface area contributed by atoms with Crippen LogP contribution in [-0.4, -0.2) is 12.0 Å². The van der Waals surface area contributed by atoms with Crippen molar-refractivity contribution in [1.82, 2.24) is 10.3 Å². The van der Waals surface area contributed by atoms with Crippen molar-refractivity contribution in [2.24, 2.45) is 0 Å². The highest BCUT2D eigenvalue weighted by molar-refractivity contribution is 5.35. The molecule has 1 atom stereocenters. The van der Waals surface area contributed by atoms with E-state index in [1.165, 1.54) is 22.3 Å². The summed E-state index contributed by atoms with van der Waals surface area (Å²) in [7, 11) is 2.00. The van der Waals surface area contributed by atoms with Crippen LogP contribution in [0.3, 0.4) is 0 Å². The maximum Gasteiger partial charge on any atom is 0.0725 e. The number of benzene rings is 1. The first-order valence-electron chi connectivity index (χ1n) is 6.62. The van der Waals surface area contributed by atoms with E-state index >= 15 is 0 Å². The van der Waals surface area contributed by atoms with Crippen molar-refractivity contribution >= 4 is 0 Å². The van der Waals surface area contributed by atoms with Gasteiger partial charge in [-0.1, -0.05) is 24.3 Å². The highest BCUT2D eigenvalue weighted by Gasteiger charge is 2.15. The summed E-state index contributed by atoms with van der Waals surface area (Å²) in [5.41, 5.74) is 5.21. The van der Waals surface area contributed by atoms with E-state index in [1.807, 2.05) is 25.5 Å². The maximum absolute atomic E-state index is 5.47. The lowest BCUT2D eigenvalue weighted by Crippen LogP contribution is -2.19. The Morgan fingerprint density at radius 2 is 2.16 bits per heavy atom. The summed E-state index contributed by atoms with van der Waals surface area (Å²) in [6.45, 7) is 1.49. The van der Waals surface area contributed by atoms with Gasteiger partial charge in [0.2, 0.25) is 0 Å². The number of ether oxygens (including phenoxy) is 1. The van der Waals surface area contributed by atoms with Crippen LogP contribution in [0, 0.1) is 0 Å². The third-order valence-electron chi connectivity index (χ3n) is 3.66. The van der Waals surface area contributed by atoms with Crippen molar-refractivity contribution in [3.05, 3.63) is 65.0 Å². The SMILES string of the molecule is CNC(Cc1cccnc1)c1ccc2c(c1)COC2. The molecule has 0 aliphatic carbocycles. The van der Waals surface area contributed by atoms with Crippen LogP contribution in [0.4, 0.5) is 0 Å². The summed E-state index contributed by atoms with van der Waals surface area (Å²) in [6, 6.07) is 11.1. The second kappa shape index (κ2) is 5.51. The van der Waals surface area contributed by atoms with Gasteiger partial charge in [-0.05, 0) is 41.8 Å². The zero-order valence-corrected chi connectivity index (χ0v) is 11.1. The Morgan fingerprint density at radius 3 is 2.95 bits per heavy atom. The van der Waals surface area contributed by atoms with Gasteiger partial charge in [0.25, 0.3) is 0 Å². The number of likely N-dealkylation sites (N-methyl/N-ethyl adjacent to an activating group) is 1. The number of nitrogens with one attached hydrogen (secondary N) is 1. The molecular formula is C16H18N2O. The molecule has 19 heavy (non-hydrogen) atoms. The maximum atomic E-state index is 5.47. The minimum Gasteiger partial charge on any atom is -0.372 e. The molecule has 3 rings (SSSR count). The van der Waals surface area contributed by atoms with E-state index in [2.05, 4.69) is 34.6 Å². The average Bonchev–Trinajstić information content (AvgIpc) is 2.93. The van der Waals surface area contributed by atoms with Gasteiger partial charge in [0, 0.05) is 18.4 Å². The van der Waals surface area contributed by atoms with Crippen LogP contribution in [0.5, 0.6) is 0 Å². The van der Waals surface area contributed by atoms with Gasteiger partial charge in [0.05, 0.1) is 13.2 Å². The smallest absolute Gasteiger partial charge is 0.0725 e. The fourth-order valence-corrected chi connectivity index (χ4v) is 2.55. The lowest BCUT2D eigenvalue weighted by Gasteiger charge is -2.17. The molecule has 0 amide bonds. The van der Waals surface area contributed by atoms with Crippen LogP contribution in [0.2, 0.25) is 0 Å². The molecule has 0 saturated carbocycles. The summed E-state index contributed by atoms with van der Waals surface area (Å²) in [4.78, 5) is 4.18. The van der Waals surface area contributed by atoms with Crippen LogP contribution >= 0.6 is 0 Å². The molecule has 1 N–H and O–H groups in total. The van der Waals surface area contributed by atoms with E-state index in [4.69, 9.17) is 4.74 Å². The summed E-state index contributed by atoms with van der Waals surface area (Å²) in [5, 5.41) is 3.39. The van der Waals surface area contributed by atoms with Crippen molar-refractivity contribution < 1.29 is 4.74 Å². The number of fused-ring (bicyclic) bond motifs is 1. The van der Waals surface area contributed by atoms with E-state index in [-0.39, 0.29) is 0 Å². The van der Waals surface area contributed by atoms with Gasteiger partial charge in [0.15, 0.2) is 0 Å². The monoisotopic (exact) mass is 254 g/mol. The zero-order valence-electron chi connectivity index (χ0n) is 11.1. The van der Waals surface area contributed by atoms with E-state index in [0.717, 1.165) is 19.6 Å². The average molecular weight is 254 g/mol. The molecule has 2 aromatic rings. The topological polar surface area (TPSA) is 34.2 Å². The standard InChI is InChI=1S/C16H18N2O/c1-17-16(7-12-3-2-6-18-9-12)13-4-5-14-10-19-11-15(14)8-13/h2-6,8-9,16-17H,7,10-11H2,1H3. The minimum atomic E-state index is 0.315. The van der Waals surface area contributed by atoms with Gasteiger partial charge in [-0.25, -0.2) is 0 Å². The highest BCUT2D eigenvalue weighted by atomic mass is 16.5. The van der Waals surface area contributed by atoms with E-state index < -0.39 is 0 Å². The molecule has 0 saturated heterocycles. The molecule has 1 aliphatic heterocycles. The molecular weight excluding hydrogens is 236 g/mol. The van der Waals surface area contributed by atoms with Crippen molar-refractivity contribution in [3.63, 3.8) is 0 Å². The van der Waals surface area contributed by atoms with Crippen LogP contribution < -0.4 is 5.32 Å². The minimum absolute atomic E-state index is 0.315. The summed E-state index contributed by atoms with van der Waals surface area (Å²) < 4.78 is 5.47. The zero-order chi connectivity index (χ0) is 13.1. The van der Waals surface area contributed by atoms with Crippen molar-refractivity contribution in [2.45, 2.75) is 25.7 Å². The normalized spacial score (nSPS) is 15.2. The molecule has 3 heteroatoms. The molecule has 1 aromatic carbocycles. The first-order chi connectivity index (χ1) is 9.36. The molecule has 0 bridgehead atoms. The lowest BCUT2D eigenvalue weighted by molar-refractivity contribution is 0.134. The largest absolute Gasteiger partial charge is 0.372 e. The summed E-state index contributed by atoms with van der Waals surface area (Å²) in [5.74, 6) is 0. The lowest BCUT2D eigenvalue weighted by atomic mass is 9.97. The third kappa shape index (κ3) is 2.67. The summed E-state index contributed by atoms with van der Waals surface area (Å²) >= 11 is 0. The number of aromatic nitrogens is 1. The van der Waals surface area contributed by atoms with Gasteiger partial charge in [-0.15, -0.1) is 0 Å². The van der Waals surface area contributed by atoms with Crippen molar-refractivity contribution in [1.29, 1.82) is 0 Å². The second-order valence-electron chi connectivity index (χ2n) is 4.93. The third-order valence-corrected chi connectivity index (χ3v) is 3.66. The van der Waals surface area contributed by atoms with Crippen LogP contribution in [0.1, 0.15) is 28.3 Å². The van der Waals surface area contributed by atoms with E-state index in [0.29, 0.717) is 6.04 Å². The number of nitrogens with zero attached hydrogens (tertiary/aromatic N) is 1. The Labute approximate surface area is 113 Å². The van der Waals surface area contributed by atoms with E-state index in [1.54, 1.807) is 0 Å². The van der Waals surface area contributed by atoms with Gasteiger partial charge >= 0.3 is 0 Å². The molecule has 0 radical (unpaired) electrons. The first-order valence-corrected chi connectivity index (χ1v) is 6.62. The van der Waals surface area contributed by atoms with Gasteiger partial charge in [-0.2, -0.15) is 0 Å². The Balaban J connectivity index is 1.82. The van der Waals surface area contributed by atoms with Gasteiger partial charge < -0.3 is 10.1 Å². The quantitative estimate of drug-likeness (QED) is 0.910. The predicted octanol–water partition coefficient (Wildman–Crippen LogP) is 2.62. The summed E-state index contributed by atoms with van der Waals surface area (Å²) in [6.07, 6.45) is 4.69. The van der Waals surface area contributed by atoms with Crippen LogP contribution in [0.25, 0.3) is 0 Å². The predicted molar refractivity (Wildman–Crippen MR) is 74.7 cm³/mol. The Kier molecular flexibility index (Phi) is 3.58. The Bertz CT molecular complexity index is 554. The number of hydrogen-bond acceptors (Lipinski definition) is 3. The molecule has 1 aliphatic rings. The Hall–Kier alpha value is -1.71. The fourth-order valence-electron chi connectivity index (χ4n) is 2.55. The highest BCUT2D eigenvalue weighted by Crippen LogP contribution is 2.25. The number of rotatable bonds is 4. The number of pyridine rings is 1. The second-order valence-corrected chi connectivity index (χ2v) is 4.93. The molecule has 0 fully saturated rings. The number of hydrogen-bond donors (Lipinski definition) is 1. The van der Waals surface area contributed by atoms with Gasteiger partial charge in [-0.3, -0.25) is 4.98 Å². The molecule has 0 spiro atoms. The van der Waals surface area contributed by atoms with Crippen LogP contribution in [-0.2, 0) is 24.4 Å². The molecule has 2 heterocycles. The van der Waals surface area contributed by atoms with Crippen LogP contribution in [0.15, 0.2) is 42.7 Å². The molecule has 98 valence electrons. The fraction of sp³-hybridized carbons (Fsp3) is 0.312. The van der Waals surface area contributed by atoms with Gasteiger partial charge in [0.1, 0.15) is 0 Å². The van der Waals surface area contributed by atoms with Crippen molar-refractivity contribution in [3.8, 4) is 0 Å². The van der Waals surface area contributed by atoms with E-state index in [9.17, 15) is 0 Å². The molecule has 3 nitrogen and oxygen atoms in total. The Morgan fingerprint density at radius 1 is 1.26 bits per heavy atom. The molecule has 1 unspecified atom stereocenters.